The second-order valence-electron chi connectivity index (χ2n) is 4.70. The summed E-state index contributed by atoms with van der Waals surface area (Å²) < 4.78 is 5.17. The number of amides is 1. The molecule has 16 heavy (non-hydrogen) atoms. The molecular weight excluding hydrogens is 202 g/mol. The van der Waals surface area contributed by atoms with Gasteiger partial charge in [0.2, 0.25) is 0 Å². The third kappa shape index (κ3) is 4.34. The molecule has 3 heteroatoms. The standard InChI is InChI=1S/C13H18NO2/c1-10(11-8-6-5-7-9-11)14-12(15)16-13(2,3)4/h6-10H,1-4H3,(H,14,15)/t10-/m0/s1. The van der Waals surface area contributed by atoms with Crippen molar-refractivity contribution in [2.24, 2.45) is 0 Å². The summed E-state index contributed by atoms with van der Waals surface area (Å²) in [6.07, 6.45) is -0.396. The summed E-state index contributed by atoms with van der Waals surface area (Å²) in [6, 6.07) is 10.4. The van der Waals surface area contributed by atoms with Crippen molar-refractivity contribution in [3.05, 3.63) is 35.9 Å². The van der Waals surface area contributed by atoms with Gasteiger partial charge < -0.3 is 10.1 Å². The van der Waals surface area contributed by atoms with Crippen molar-refractivity contribution in [1.29, 1.82) is 0 Å². The van der Waals surface area contributed by atoms with Crippen molar-refractivity contribution in [1.82, 2.24) is 5.32 Å². The van der Waals surface area contributed by atoms with E-state index in [2.05, 4.69) is 11.4 Å². The summed E-state index contributed by atoms with van der Waals surface area (Å²) in [5.74, 6) is 0. The van der Waals surface area contributed by atoms with Crippen molar-refractivity contribution >= 4 is 6.09 Å². The van der Waals surface area contributed by atoms with Gasteiger partial charge in [-0.2, -0.15) is 0 Å². The van der Waals surface area contributed by atoms with Gasteiger partial charge in [-0.15, -0.1) is 0 Å². The van der Waals surface area contributed by atoms with Crippen LogP contribution in [0.25, 0.3) is 0 Å². The number of alkyl carbamates (subject to hydrolysis) is 1. The van der Waals surface area contributed by atoms with Crippen LogP contribution in [0, 0.1) is 6.07 Å². The lowest BCUT2D eigenvalue weighted by atomic mass is 10.1. The number of rotatable bonds is 2. The summed E-state index contributed by atoms with van der Waals surface area (Å²) in [5.41, 5.74) is 0.568. The summed E-state index contributed by atoms with van der Waals surface area (Å²) >= 11 is 0. The second kappa shape index (κ2) is 5.01. The molecule has 1 N–H and O–H groups in total. The molecule has 1 aromatic rings. The Hall–Kier alpha value is -1.51. The number of carbonyl (C=O) groups excluding carboxylic acids is 1. The molecule has 0 aliphatic heterocycles. The van der Waals surface area contributed by atoms with Crippen LogP contribution < -0.4 is 5.32 Å². The van der Waals surface area contributed by atoms with Gasteiger partial charge >= 0.3 is 6.09 Å². The maximum Gasteiger partial charge on any atom is 0.408 e. The lowest BCUT2D eigenvalue weighted by Crippen LogP contribution is -2.33. The molecule has 1 aromatic carbocycles. The molecular formula is C13H18NO2. The fourth-order valence-corrected chi connectivity index (χ4v) is 1.26. The summed E-state index contributed by atoms with van der Waals surface area (Å²) in [7, 11) is 0. The lowest BCUT2D eigenvalue weighted by molar-refractivity contribution is 0.0508. The van der Waals surface area contributed by atoms with E-state index < -0.39 is 11.7 Å². The zero-order chi connectivity index (χ0) is 12.2. The Balaban J connectivity index is 2.52. The summed E-state index contributed by atoms with van der Waals surface area (Å²) in [5, 5.41) is 2.78. The van der Waals surface area contributed by atoms with E-state index in [1.54, 1.807) is 0 Å². The van der Waals surface area contributed by atoms with Gasteiger partial charge in [0.25, 0.3) is 0 Å². The van der Waals surface area contributed by atoms with Gasteiger partial charge in [0.05, 0.1) is 6.04 Å². The van der Waals surface area contributed by atoms with Crippen LogP contribution in [0.3, 0.4) is 0 Å². The maximum atomic E-state index is 11.5. The zero-order valence-corrected chi connectivity index (χ0v) is 10.2. The molecule has 87 valence electrons. The van der Waals surface area contributed by atoms with E-state index in [9.17, 15) is 4.79 Å². The van der Waals surface area contributed by atoms with E-state index in [-0.39, 0.29) is 6.04 Å². The van der Waals surface area contributed by atoms with Crippen LogP contribution in [0.4, 0.5) is 4.79 Å². The van der Waals surface area contributed by atoms with Crippen LogP contribution in [-0.4, -0.2) is 11.7 Å². The Morgan fingerprint density at radius 3 is 2.44 bits per heavy atom. The van der Waals surface area contributed by atoms with Crippen LogP contribution in [0.5, 0.6) is 0 Å². The molecule has 1 radical (unpaired) electrons. The molecule has 0 fully saturated rings. The first kappa shape index (κ1) is 12.6. The van der Waals surface area contributed by atoms with Crippen LogP contribution in [0.2, 0.25) is 0 Å². The van der Waals surface area contributed by atoms with Crippen molar-refractivity contribution in [3.63, 3.8) is 0 Å². The van der Waals surface area contributed by atoms with Crippen LogP contribution in [-0.2, 0) is 4.74 Å². The third-order valence-electron chi connectivity index (χ3n) is 1.98. The summed E-state index contributed by atoms with van der Waals surface area (Å²) in [6.45, 7) is 7.44. The quantitative estimate of drug-likeness (QED) is 0.831. The van der Waals surface area contributed by atoms with Gasteiger partial charge in [0.1, 0.15) is 5.60 Å². The van der Waals surface area contributed by atoms with Gasteiger partial charge in [0.15, 0.2) is 0 Å². The highest BCUT2D eigenvalue weighted by Gasteiger charge is 2.17. The first-order valence-electron chi connectivity index (χ1n) is 5.34. The maximum absolute atomic E-state index is 11.5. The Bertz CT molecular complexity index is 341. The van der Waals surface area contributed by atoms with E-state index in [1.807, 2.05) is 52.0 Å². The fourth-order valence-electron chi connectivity index (χ4n) is 1.26. The van der Waals surface area contributed by atoms with E-state index in [1.165, 1.54) is 0 Å². The number of ether oxygens (including phenoxy) is 1. The predicted octanol–water partition coefficient (Wildman–Crippen LogP) is 3.07. The van der Waals surface area contributed by atoms with E-state index in [0.717, 1.165) is 5.56 Å². The highest BCUT2D eigenvalue weighted by atomic mass is 16.6. The summed E-state index contributed by atoms with van der Waals surface area (Å²) in [4.78, 5) is 11.5. The first-order valence-corrected chi connectivity index (χ1v) is 5.34. The van der Waals surface area contributed by atoms with Crippen LogP contribution >= 0.6 is 0 Å². The molecule has 1 rings (SSSR count). The van der Waals surface area contributed by atoms with E-state index in [4.69, 9.17) is 4.74 Å². The topological polar surface area (TPSA) is 38.3 Å². The van der Waals surface area contributed by atoms with Gasteiger partial charge in [-0.05, 0) is 39.3 Å². The predicted molar refractivity (Wildman–Crippen MR) is 63.1 cm³/mol. The molecule has 0 saturated carbocycles. The molecule has 1 atom stereocenters. The molecule has 0 aliphatic rings. The van der Waals surface area contributed by atoms with Gasteiger partial charge in [0, 0.05) is 0 Å². The van der Waals surface area contributed by atoms with Crippen molar-refractivity contribution < 1.29 is 9.53 Å². The zero-order valence-electron chi connectivity index (χ0n) is 10.2. The Morgan fingerprint density at radius 1 is 1.38 bits per heavy atom. The minimum absolute atomic E-state index is 0.0653. The smallest absolute Gasteiger partial charge is 0.408 e. The average Bonchev–Trinajstić information content (AvgIpc) is 2.16. The molecule has 0 aliphatic carbocycles. The molecule has 0 heterocycles. The highest BCUT2D eigenvalue weighted by Crippen LogP contribution is 2.13. The minimum Gasteiger partial charge on any atom is -0.444 e. The third-order valence-corrected chi connectivity index (χ3v) is 1.98. The molecule has 0 aromatic heterocycles. The molecule has 0 bridgehead atoms. The van der Waals surface area contributed by atoms with Gasteiger partial charge in [-0.1, -0.05) is 24.3 Å². The van der Waals surface area contributed by atoms with Crippen molar-refractivity contribution in [2.45, 2.75) is 39.3 Å². The number of nitrogens with one attached hydrogen (secondary N) is 1. The largest absolute Gasteiger partial charge is 0.444 e. The fraction of sp³-hybridized carbons (Fsp3) is 0.462. The molecule has 0 saturated heterocycles. The average molecular weight is 220 g/mol. The monoisotopic (exact) mass is 220 g/mol. The molecule has 1 amide bonds. The second-order valence-corrected chi connectivity index (χ2v) is 4.70. The Morgan fingerprint density at radius 2 is 1.94 bits per heavy atom. The van der Waals surface area contributed by atoms with Gasteiger partial charge in [-0.3, -0.25) is 0 Å². The molecule has 3 nitrogen and oxygen atoms in total. The van der Waals surface area contributed by atoms with Crippen molar-refractivity contribution in [2.75, 3.05) is 0 Å². The molecule has 0 unspecified atom stereocenters. The van der Waals surface area contributed by atoms with Gasteiger partial charge in [-0.25, -0.2) is 4.79 Å². The Labute approximate surface area is 96.8 Å². The highest BCUT2D eigenvalue weighted by molar-refractivity contribution is 5.68. The number of hydrogen-bond donors (Lipinski definition) is 1. The lowest BCUT2D eigenvalue weighted by Gasteiger charge is -2.22. The Kier molecular flexibility index (Phi) is 3.93. The van der Waals surface area contributed by atoms with E-state index in [0.29, 0.717) is 0 Å². The van der Waals surface area contributed by atoms with Crippen LogP contribution in [0.1, 0.15) is 39.3 Å². The van der Waals surface area contributed by atoms with E-state index >= 15 is 0 Å². The minimum atomic E-state index is -0.464. The van der Waals surface area contributed by atoms with Crippen LogP contribution in [0.15, 0.2) is 24.3 Å². The first-order chi connectivity index (χ1) is 7.38. The van der Waals surface area contributed by atoms with Crippen molar-refractivity contribution in [3.8, 4) is 0 Å². The molecule has 0 spiro atoms. The number of benzene rings is 1. The SMILES string of the molecule is C[C@H](NC(=O)OC(C)(C)C)c1cc[c]cc1. The number of hydrogen-bond acceptors (Lipinski definition) is 2. The normalized spacial score (nSPS) is 13.0. The number of carbonyl (C=O) groups is 1.